The summed E-state index contributed by atoms with van der Waals surface area (Å²) >= 11 is 0. The number of hydrogen-bond donors (Lipinski definition) is 1. The van der Waals surface area contributed by atoms with E-state index in [4.69, 9.17) is 4.74 Å². The molecule has 2 saturated heterocycles. The quantitative estimate of drug-likeness (QED) is 0.333. The van der Waals surface area contributed by atoms with Crippen LogP contribution in [0.2, 0.25) is 0 Å². The van der Waals surface area contributed by atoms with E-state index in [0.29, 0.717) is 31.2 Å². The van der Waals surface area contributed by atoms with Gasteiger partial charge in [-0.3, -0.25) is 4.79 Å². The first-order valence-electron chi connectivity index (χ1n) is 15.2. The lowest BCUT2D eigenvalue weighted by atomic mass is 9.63. The van der Waals surface area contributed by atoms with Gasteiger partial charge in [-0.25, -0.2) is 0 Å². The third-order valence-corrected chi connectivity index (χ3v) is 9.53. The summed E-state index contributed by atoms with van der Waals surface area (Å²) < 4.78 is 44.2. The summed E-state index contributed by atoms with van der Waals surface area (Å²) in [5.41, 5.74) is 2.80. The van der Waals surface area contributed by atoms with Gasteiger partial charge in [0.2, 0.25) is 5.91 Å². The van der Waals surface area contributed by atoms with Crippen molar-refractivity contribution in [3.63, 3.8) is 0 Å². The fraction of sp³-hybridized carbons (Fsp3) is 0.606. The normalized spacial score (nSPS) is 26.6. The Balaban J connectivity index is 1.39. The van der Waals surface area contributed by atoms with Crippen LogP contribution in [0.25, 0.3) is 0 Å². The monoisotopic (exact) mass is 556 g/mol. The van der Waals surface area contributed by atoms with Crippen LogP contribution >= 0.6 is 0 Å². The zero-order valence-electron chi connectivity index (χ0n) is 23.6. The number of alkyl halides is 3. The smallest absolute Gasteiger partial charge is 0.422 e. The van der Waals surface area contributed by atoms with Crippen LogP contribution in [0.15, 0.2) is 48.5 Å². The van der Waals surface area contributed by atoms with Crippen LogP contribution in [0, 0.1) is 5.92 Å². The zero-order chi connectivity index (χ0) is 28.2. The van der Waals surface area contributed by atoms with Crippen LogP contribution < -0.4 is 10.1 Å². The Morgan fingerprint density at radius 3 is 2.70 bits per heavy atom. The number of nitrogens with one attached hydrogen (secondary N) is 1. The molecule has 4 unspecified atom stereocenters. The summed E-state index contributed by atoms with van der Waals surface area (Å²) in [6.45, 7) is 2.95. The highest BCUT2D eigenvalue weighted by Gasteiger charge is 2.52. The molecule has 4 nitrogen and oxygen atoms in total. The van der Waals surface area contributed by atoms with Crippen LogP contribution in [0.1, 0.15) is 87.3 Å². The molecule has 0 bridgehead atoms. The number of unbranched alkanes of at least 4 members (excludes halogenated alkanes) is 3. The molecule has 2 aromatic rings. The number of nitrogens with zero attached hydrogens (tertiary/aromatic N) is 1. The average Bonchev–Trinajstić information content (AvgIpc) is 3.38. The molecule has 4 atom stereocenters. The predicted octanol–water partition coefficient (Wildman–Crippen LogP) is 7.17. The molecule has 2 fully saturated rings. The Hall–Kier alpha value is -2.54. The van der Waals surface area contributed by atoms with Crippen molar-refractivity contribution in [3.05, 3.63) is 65.2 Å². The van der Waals surface area contributed by atoms with Gasteiger partial charge in [-0.2, -0.15) is 13.2 Å². The molecule has 1 N–H and O–H groups in total. The van der Waals surface area contributed by atoms with Gasteiger partial charge in [0, 0.05) is 31.1 Å². The second-order valence-corrected chi connectivity index (χ2v) is 12.0. The molecule has 7 heteroatoms. The molecule has 40 heavy (non-hydrogen) atoms. The van der Waals surface area contributed by atoms with Gasteiger partial charge in [-0.05, 0) is 67.2 Å². The third kappa shape index (κ3) is 6.19. The molecule has 0 saturated carbocycles. The van der Waals surface area contributed by atoms with Gasteiger partial charge in [0.1, 0.15) is 5.75 Å². The van der Waals surface area contributed by atoms with Crippen molar-refractivity contribution in [1.82, 2.24) is 10.2 Å². The summed E-state index contributed by atoms with van der Waals surface area (Å²) in [5, 5.41) is 3.51. The molecule has 3 aliphatic rings. The molecule has 5 rings (SSSR count). The number of ether oxygens (including phenoxy) is 1. The predicted molar refractivity (Wildman–Crippen MR) is 152 cm³/mol. The number of carbonyl (C=O) groups excluding carboxylic acids is 1. The molecular weight excluding hydrogens is 513 g/mol. The van der Waals surface area contributed by atoms with Crippen LogP contribution in [-0.4, -0.2) is 49.3 Å². The molecule has 2 aliphatic heterocycles. The molecule has 2 heterocycles. The number of halogens is 3. The summed E-state index contributed by atoms with van der Waals surface area (Å²) in [5.74, 6) is 0.757. The van der Waals surface area contributed by atoms with Gasteiger partial charge >= 0.3 is 6.18 Å². The number of piperidine rings is 1. The third-order valence-electron chi connectivity index (χ3n) is 9.53. The van der Waals surface area contributed by atoms with Crippen molar-refractivity contribution >= 4 is 5.91 Å². The zero-order valence-corrected chi connectivity index (χ0v) is 23.6. The number of fused-ring (bicyclic) bond motifs is 2. The van der Waals surface area contributed by atoms with E-state index in [1.807, 2.05) is 6.07 Å². The van der Waals surface area contributed by atoms with E-state index in [2.05, 4.69) is 47.5 Å². The first-order chi connectivity index (χ1) is 19.3. The molecular formula is C33H43F3N2O2. The molecule has 218 valence electrons. The lowest BCUT2D eigenvalue weighted by Gasteiger charge is -2.45. The molecule has 1 aliphatic carbocycles. The SMILES string of the molecule is CCCCCCC1CC(c2ccccc2)CCN1C(=O)C1CNCC12CCCc1c(OCC(F)(F)F)cccc12. The highest BCUT2D eigenvalue weighted by molar-refractivity contribution is 5.82. The Morgan fingerprint density at radius 1 is 1.10 bits per heavy atom. The van der Waals surface area contributed by atoms with Crippen molar-refractivity contribution in [1.29, 1.82) is 0 Å². The van der Waals surface area contributed by atoms with Gasteiger partial charge in [0.15, 0.2) is 6.61 Å². The maximum Gasteiger partial charge on any atom is 0.422 e. The van der Waals surface area contributed by atoms with Crippen LogP contribution in [0.4, 0.5) is 13.2 Å². The van der Waals surface area contributed by atoms with Crippen LogP contribution in [-0.2, 0) is 16.6 Å². The summed E-state index contributed by atoms with van der Waals surface area (Å²) in [7, 11) is 0. The van der Waals surface area contributed by atoms with E-state index >= 15 is 0 Å². The van der Waals surface area contributed by atoms with Crippen molar-refractivity contribution in [2.45, 2.75) is 94.7 Å². The molecule has 0 aromatic heterocycles. The van der Waals surface area contributed by atoms with Crippen molar-refractivity contribution in [3.8, 4) is 5.75 Å². The van der Waals surface area contributed by atoms with Crippen LogP contribution in [0.3, 0.4) is 0 Å². The summed E-state index contributed by atoms with van der Waals surface area (Å²) in [4.78, 5) is 16.7. The van der Waals surface area contributed by atoms with E-state index in [1.165, 1.54) is 24.8 Å². The van der Waals surface area contributed by atoms with E-state index in [9.17, 15) is 18.0 Å². The fourth-order valence-electron chi connectivity index (χ4n) is 7.58. The standard InChI is InChI=1S/C33H43F3N2O2/c1-2-3-4-8-13-26-20-25(24-11-6-5-7-12-24)17-19-38(26)31(39)29-21-37-22-32(29)18-10-14-27-28(32)15-9-16-30(27)40-23-33(34,35)36/h5-7,9,11-12,15-16,25-26,29,37H,2-4,8,10,13-14,17-23H2,1H3. The summed E-state index contributed by atoms with van der Waals surface area (Å²) in [6.07, 6.45) is 5.66. The fourth-order valence-corrected chi connectivity index (χ4v) is 7.58. The van der Waals surface area contributed by atoms with E-state index in [0.717, 1.165) is 56.2 Å². The minimum Gasteiger partial charge on any atom is -0.484 e. The van der Waals surface area contributed by atoms with Gasteiger partial charge < -0.3 is 15.0 Å². The van der Waals surface area contributed by atoms with Crippen molar-refractivity contribution < 1.29 is 22.7 Å². The lowest BCUT2D eigenvalue weighted by molar-refractivity contribution is -0.153. The minimum atomic E-state index is -4.39. The second kappa shape index (κ2) is 12.5. The first-order valence-corrected chi connectivity index (χ1v) is 15.2. The number of amides is 1. The maximum absolute atomic E-state index is 14.5. The average molecular weight is 557 g/mol. The largest absolute Gasteiger partial charge is 0.484 e. The van der Waals surface area contributed by atoms with Crippen molar-refractivity contribution in [2.24, 2.45) is 5.92 Å². The van der Waals surface area contributed by atoms with E-state index in [-0.39, 0.29) is 17.9 Å². The number of carbonyl (C=O) groups is 1. The molecule has 1 amide bonds. The Morgan fingerprint density at radius 2 is 1.93 bits per heavy atom. The van der Waals surface area contributed by atoms with E-state index < -0.39 is 18.2 Å². The molecule has 0 radical (unpaired) electrons. The minimum absolute atomic E-state index is 0.213. The number of likely N-dealkylation sites (tertiary alicyclic amines) is 1. The maximum atomic E-state index is 14.5. The Kier molecular flexibility index (Phi) is 9.08. The first kappa shape index (κ1) is 29.0. The Bertz CT molecular complexity index is 1140. The van der Waals surface area contributed by atoms with Crippen molar-refractivity contribution in [2.75, 3.05) is 26.2 Å². The van der Waals surface area contributed by atoms with Gasteiger partial charge in [0.05, 0.1) is 5.92 Å². The second-order valence-electron chi connectivity index (χ2n) is 12.0. The molecule has 2 aromatic carbocycles. The highest BCUT2D eigenvalue weighted by atomic mass is 19.4. The van der Waals surface area contributed by atoms with E-state index in [1.54, 1.807) is 12.1 Å². The Labute approximate surface area is 236 Å². The molecule has 1 spiro atoms. The number of rotatable bonds is 9. The van der Waals surface area contributed by atoms with Gasteiger partial charge in [-0.15, -0.1) is 0 Å². The number of benzene rings is 2. The topological polar surface area (TPSA) is 41.6 Å². The van der Waals surface area contributed by atoms with Gasteiger partial charge in [-0.1, -0.05) is 75.1 Å². The lowest BCUT2D eigenvalue weighted by Crippen LogP contribution is -2.53. The number of hydrogen-bond acceptors (Lipinski definition) is 3. The highest BCUT2D eigenvalue weighted by Crippen LogP contribution is 2.48. The van der Waals surface area contributed by atoms with Gasteiger partial charge in [0.25, 0.3) is 0 Å². The summed E-state index contributed by atoms with van der Waals surface area (Å²) in [6, 6.07) is 16.3. The van der Waals surface area contributed by atoms with Crippen LogP contribution in [0.5, 0.6) is 5.75 Å².